The fourth-order valence-corrected chi connectivity index (χ4v) is 2.22. The molecule has 0 bridgehead atoms. The van der Waals surface area contributed by atoms with Crippen LogP contribution in [0.25, 0.3) is 0 Å². The summed E-state index contributed by atoms with van der Waals surface area (Å²) in [5.41, 5.74) is 0.387. The van der Waals surface area contributed by atoms with Crippen LogP contribution in [0.2, 0.25) is 0 Å². The number of aliphatic hydroxyl groups excluding tert-OH is 1. The molecule has 1 aliphatic heterocycles. The summed E-state index contributed by atoms with van der Waals surface area (Å²) in [6, 6.07) is 4.28. The lowest BCUT2D eigenvalue weighted by molar-refractivity contribution is -0.385. The summed E-state index contributed by atoms with van der Waals surface area (Å²) in [6.45, 7) is 6.03. The Hall–Kier alpha value is -1.70. The number of ether oxygens (including phenoxy) is 2. The number of benzene rings is 1. The third-order valence-corrected chi connectivity index (χ3v) is 3.42. The smallest absolute Gasteiger partial charge is 0.270 e. The molecule has 0 aromatic heterocycles. The van der Waals surface area contributed by atoms with Crippen molar-refractivity contribution < 1.29 is 19.5 Å². The molecule has 0 unspecified atom stereocenters. The van der Waals surface area contributed by atoms with Gasteiger partial charge in [0.1, 0.15) is 12.4 Å². The minimum absolute atomic E-state index is 0.0496. The Morgan fingerprint density at radius 1 is 1.48 bits per heavy atom. The SMILES string of the molecule is C[C@@H](O)c1cc([N+](=O)[O-])ccc1OCCN1CCOCC1. The van der Waals surface area contributed by atoms with Gasteiger partial charge in [0.25, 0.3) is 5.69 Å². The van der Waals surface area contributed by atoms with E-state index in [0.29, 0.717) is 17.9 Å². The van der Waals surface area contributed by atoms with Crippen LogP contribution < -0.4 is 4.74 Å². The fourth-order valence-electron chi connectivity index (χ4n) is 2.22. The molecule has 1 atom stereocenters. The van der Waals surface area contributed by atoms with Gasteiger partial charge in [0.05, 0.1) is 24.2 Å². The van der Waals surface area contributed by atoms with E-state index in [2.05, 4.69) is 4.90 Å². The highest BCUT2D eigenvalue weighted by Crippen LogP contribution is 2.29. The Balaban J connectivity index is 1.96. The van der Waals surface area contributed by atoms with Crippen LogP contribution in [0.1, 0.15) is 18.6 Å². The second kappa shape index (κ2) is 7.35. The van der Waals surface area contributed by atoms with Gasteiger partial charge in [0.2, 0.25) is 0 Å². The standard InChI is InChI=1S/C14H20N2O5/c1-11(17)13-10-12(16(18)19)2-3-14(13)21-9-6-15-4-7-20-8-5-15/h2-3,10-11,17H,4-9H2,1H3/t11-/m1/s1. The van der Waals surface area contributed by atoms with E-state index in [4.69, 9.17) is 9.47 Å². The molecule has 21 heavy (non-hydrogen) atoms. The number of non-ortho nitro benzene ring substituents is 1. The maximum atomic E-state index is 10.8. The van der Waals surface area contributed by atoms with Crippen molar-refractivity contribution in [2.75, 3.05) is 39.5 Å². The molecule has 1 aromatic rings. The number of rotatable bonds is 6. The molecule has 1 aromatic carbocycles. The van der Waals surface area contributed by atoms with Gasteiger partial charge in [-0.15, -0.1) is 0 Å². The first kappa shape index (κ1) is 15.7. The second-order valence-electron chi connectivity index (χ2n) is 4.96. The summed E-state index contributed by atoms with van der Waals surface area (Å²) in [6.07, 6.45) is -0.816. The molecule has 0 aliphatic carbocycles. The third-order valence-electron chi connectivity index (χ3n) is 3.42. The Bertz CT molecular complexity index is 486. The molecule has 0 saturated carbocycles. The highest BCUT2D eigenvalue weighted by Gasteiger charge is 2.16. The minimum Gasteiger partial charge on any atom is -0.492 e. The second-order valence-corrected chi connectivity index (χ2v) is 4.96. The Kier molecular flexibility index (Phi) is 5.49. The van der Waals surface area contributed by atoms with Crippen molar-refractivity contribution in [3.63, 3.8) is 0 Å². The van der Waals surface area contributed by atoms with Crippen molar-refractivity contribution in [3.8, 4) is 5.75 Å². The zero-order valence-corrected chi connectivity index (χ0v) is 12.0. The molecule has 0 spiro atoms. The molecule has 0 radical (unpaired) electrons. The largest absolute Gasteiger partial charge is 0.492 e. The first-order valence-corrected chi connectivity index (χ1v) is 6.97. The summed E-state index contributed by atoms with van der Waals surface area (Å²) in [4.78, 5) is 12.5. The molecule has 1 N–H and O–H groups in total. The van der Waals surface area contributed by atoms with Crippen LogP contribution in [-0.4, -0.2) is 54.4 Å². The van der Waals surface area contributed by atoms with Crippen LogP contribution in [-0.2, 0) is 4.74 Å². The molecule has 7 nitrogen and oxygen atoms in total. The highest BCUT2D eigenvalue weighted by molar-refractivity contribution is 5.44. The first-order valence-electron chi connectivity index (χ1n) is 6.97. The lowest BCUT2D eigenvalue weighted by atomic mass is 10.1. The predicted octanol–water partition coefficient (Wildman–Crippen LogP) is 1.36. The van der Waals surface area contributed by atoms with E-state index < -0.39 is 11.0 Å². The van der Waals surface area contributed by atoms with Gasteiger partial charge in [0.15, 0.2) is 0 Å². The van der Waals surface area contributed by atoms with Crippen molar-refractivity contribution in [3.05, 3.63) is 33.9 Å². The topological polar surface area (TPSA) is 85.1 Å². The number of hydrogen-bond donors (Lipinski definition) is 1. The van der Waals surface area contributed by atoms with Crippen LogP contribution in [0.5, 0.6) is 5.75 Å². The van der Waals surface area contributed by atoms with Gasteiger partial charge >= 0.3 is 0 Å². The lowest BCUT2D eigenvalue weighted by Crippen LogP contribution is -2.38. The molecule has 1 fully saturated rings. The number of nitro groups is 1. The summed E-state index contributed by atoms with van der Waals surface area (Å²) in [5, 5.41) is 20.5. The van der Waals surface area contributed by atoms with Gasteiger partial charge in [-0.1, -0.05) is 0 Å². The lowest BCUT2D eigenvalue weighted by Gasteiger charge is -2.26. The Morgan fingerprint density at radius 3 is 2.81 bits per heavy atom. The average Bonchev–Trinajstić information content (AvgIpc) is 2.48. The van der Waals surface area contributed by atoms with Crippen molar-refractivity contribution in [2.24, 2.45) is 0 Å². The van der Waals surface area contributed by atoms with Gasteiger partial charge in [-0.05, 0) is 13.0 Å². The monoisotopic (exact) mass is 296 g/mol. The van der Waals surface area contributed by atoms with E-state index in [1.165, 1.54) is 12.1 Å². The predicted molar refractivity (Wildman–Crippen MR) is 76.5 cm³/mol. The molecule has 1 heterocycles. The van der Waals surface area contributed by atoms with E-state index in [1.807, 2.05) is 0 Å². The molecule has 116 valence electrons. The van der Waals surface area contributed by atoms with Crippen LogP contribution >= 0.6 is 0 Å². The minimum atomic E-state index is -0.816. The van der Waals surface area contributed by atoms with Gasteiger partial charge < -0.3 is 14.6 Å². The summed E-state index contributed by atoms with van der Waals surface area (Å²) in [7, 11) is 0. The molecular weight excluding hydrogens is 276 g/mol. The average molecular weight is 296 g/mol. The molecule has 1 saturated heterocycles. The van der Waals surface area contributed by atoms with E-state index in [0.717, 1.165) is 32.8 Å². The molecule has 7 heteroatoms. The first-order chi connectivity index (χ1) is 10.1. The summed E-state index contributed by atoms with van der Waals surface area (Å²) < 4.78 is 10.9. The van der Waals surface area contributed by atoms with Crippen LogP contribution in [0.4, 0.5) is 5.69 Å². The van der Waals surface area contributed by atoms with Crippen molar-refractivity contribution in [2.45, 2.75) is 13.0 Å². The van der Waals surface area contributed by atoms with Gasteiger partial charge in [-0.2, -0.15) is 0 Å². The molecular formula is C14H20N2O5. The van der Waals surface area contributed by atoms with E-state index in [1.54, 1.807) is 13.0 Å². The van der Waals surface area contributed by atoms with Crippen molar-refractivity contribution >= 4 is 5.69 Å². The van der Waals surface area contributed by atoms with Crippen molar-refractivity contribution in [1.82, 2.24) is 4.90 Å². The Labute approximate surface area is 123 Å². The molecule has 1 aliphatic rings. The van der Waals surface area contributed by atoms with E-state index in [9.17, 15) is 15.2 Å². The van der Waals surface area contributed by atoms with Crippen LogP contribution in [0.3, 0.4) is 0 Å². The molecule has 0 amide bonds. The Morgan fingerprint density at radius 2 is 2.19 bits per heavy atom. The third kappa shape index (κ3) is 4.38. The zero-order valence-electron chi connectivity index (χ0n) is 12.0. The number of nitro benzene ring substituents is 1. The summed E-state index contributed by atoms with van der Waals surface area (Å²) >= 11 is 0. The molecule has 2 rings (SSSR count). The zero-order chi connectivity index (χ0) is 15.2. The number of morpholine rings is 1. The van der Waals surface area contributed by atoms with Gasteiger partial charge in [0, 0.05) is 37.3 Å². The van der Waals surface area contributed by atoms with E-state index in [-0.39, 0.29) is 5.69 Å². The normalized spacial score (nSPS) is 17.4. The van der Waals surface area contributed by atoms with Crippen molar-refractivity contribution in [1.29, 1.82) is 0 Å². The number of hydrogen-bond acceptors (Lipinski definition) is 6. The fraction of sp³-hybridized carbons (Fsp3) is 0.571. The number of aliphatic hydroxyl groups is 1. The van der Waals surface area contributed by atoms with Gasteiger partial charge in [-0.3, -0.25) is 15.0 Å². The highest BCUT2D eigenvalue weighted by atomic mass is 16.6. The van der Waals surface area contributed by atoms with Crippen LogP contribution in [0.15, 0.2) is 18.2 Å². The summed E-state index contributed by atoms with van der Waals surface area (Å²) in [5.74, 6) is 0.490. The maximum Gasteiger partial charge on any atom is 0.270 e. The maximum absolute atomic E-state index is 10.8. The van der Waals surface area contributed by atoms with Crippen LogP contribution in [0, 0.1) is 10.1 Å². The quantitative estimate of drug-likeness (QED) is 0.630. The number of nitrogens with zero attached hydrogens (tertiary/aromatic N) is 2. The van der Waals surface area contributed by atoms with Gasteiger partial charge in [-0.25, -0.2) is 0 Å². The van der Waals surface area contributed by atoms with E-state index >= 15 is 0 Å².